The van der Waals surface area contributed by atoms with Gasteiger partial charge in [0.1, 0.15) is 5.56 Å². The lowest BCUT2D eigenvalue weighted by molar-refractivity contribution is -0.385. The molecular formula is C11H11N3O5. The molecule has 1 rings (SSSR count). The van der Waals surface area contributed by atoms with Crippen LogP contribution in [0.5, 0.6) is 11.5 Å². The van der Waals surface area contributed by atoms with Crippen LogP contribution in [0, 0.1) is 21.6 Å². The maximum absolute atomic E-state index is 11.0. The van der Waals surface area contributed by atoms with E-state index < -0.39 is 4.92 Å². The highest BCUT2D eigenvalue weighted by Gasteiger charge is 2.23. The second-order valence-electron chi connectivity index (χ2n) is 3.20. The summed E-state index contributed by atoms with van der Waals surface area (Å²) in [4.78, 5) is 13.8. The fourth-order valence-corrected chi connectivity index (χ4v) is 1.45. The van der Waals surface area contributed by atoms with Crippen LogP contribution < -0.4 is 9.47 Å². The third-order valence-corrected chi connectivity index (χ3v) is 2.27. The molecule has 0 aliphatic rings. The van der Waals surface area contributed by atoms with E-state index >= 15 is 0 Å². The van der Waals surface area contributed by atoms with Crippen molar-refractivity contribution in [3.8, 4) is 17.7 Å². The van der Waals surface area contributed by atoms with Crippen LogP contribution >= 0.6 is 0 Å². The van der Waals surface area contributed by atoms with Crippen LogP contribution in [0.4, 0.5) is 5.69 Å². The Labute approximate surface area is 109 Å². The minimum atomic E-state index is -0.622. The van der Waals surface area contributed by atoms with E-state index in [2.05, 4.69) is 4.99 Å². The average molecular weight is 265 g/mol. The molecule has 1 aromatic carbocycles. The molecule has 0 saturated carbocycles. The first-order valence-electron chi connectivity index (χ1n) is 5.00. The van der Waals surface area contributed by atoms with Crippen molar-refractivity contribution in [2.45, 2.75) is 0 Å². The molecule has 19 heavy (non-hydrogen) atoms. The van der Waals surface area contributed by atoms with Crippen LogP contribution in [-0.4, -0.2) is 32.2 Å². The van der Waals surface area contributed by atoms with Crippen molar-refractivity contribution < 1.29 is 19.1 Å². The van der Waals surface area contributed by atoms with E-state index in [1.54, 1.807) is 0 Å². The predicted molar refractivity (Wildman–Crippen MR) is 65.4 cm³/mol. The first kappa shape index (κ1) is 14.2. The number of nitrogens with zero attached hydrogens (tertiary/aromatic N) is 3. The molecule has 0 N–H and O–H groups in total. The zero-order chi connectivity index (χ0) is 14.4. The van der Waals surface area contributed by atoms with Gasteiger partial charge in [-0.15, -0.1) is 4.99 Å². The highest BCUT2D eigenvalue weighted by molar-refractivity contribution is 5.99. The Morgan fingerprint density at radius 1 is 1.32 bits per heavy atom. The molecule has 0 radical (unpaired) electrons. The lowest BCUT2D eigenvalue weighted by atomic mass is 10.1. The summed E-state index contributed by atoms with van der Waals surface area (Å²) in [5, 5.41) is 19.6. The summed E-state index contributed by atoms with van der Waals surface area (Å²) in [6.45, 7) is 0. The number of hydrogen-bond donors (Lipinski definition) is 0. The largest absolute Gasteiger partial charge is 0.493 e. The van der Waals surface area contributed by atoms with Gasteiger partial charge in [-0.3, -0.25) is 10.1 Å². The van der Waals surface area contributed by atoms with Crippen LogP contribution in [0.1, 0.15) is 5.56 Å². The van der Waals surface area contributed by atoms with Crippen LogP contribution in [0.3, 0.4) is 0 Å². The van der Waals surface area contributed by atoms with Crippen LogP contribution in [0.25, 0.3) is 0 Å². The quantitative estimate of drug-likeness (QED) is 0.268. The third-order valence-electron chi connectivity index (χ3n) is 2.27. The summed E-state index contributed by atoms with van der Waals surface area (Å²) in [7, 11) is 4.01. The lowest BCUT2D eigenvalue weighted by Gasteiger charge is -2.10. The third kappa shape index (κ3) is 2.90. The molecule has 1 aromatic rings. The van der Waals surface area contributed by atoms with Crippen molar-refractivity contribution in [1.82, 2.24) is 0 Å². The van der Waals surface area contributed by atoms with Crippen LogP contribution in [0.15, 0.2) is 17.1 Å². The van der Waals surface area contributed by atoms with Gasteiger partial charge in [-0.05, 0) is 0 Å². The average Bonchev–Trinajstić information content (AvgIpc) is 2.43. The van der Waals surface area contributed by atoms with Gasteiger partial charge < -0.3 is 14.2 Å². The normalized spacial score (nSPS) is 10.5. The lowest BCUT2D eigenvalue weighted by Crippen LogP contribution is -2.08. The molecule has 0 heterocycles. The van der Waals surface area contributed by atoms with Gasteiger partial charge in [0.25, 0.3) is 5.69 Å². The number of nitro groups is 1. The highest BCUT2D eigenvalue weighted by Crippen LogP contribution is 2.34. The molecule has 0 aliphatic carbocycles. The van der Waals surface area contributed by atoms with Gasteiger partial charge in [-0.25, -0.2) is 0 Å². The summed E-state index contributed by atoms with van der Waals surface area (Å²) in [6.07, 6.45) is 1.52. The number of ether oxygens (including phenoxy) is 3. The Morgan fingerprint density at radius 3 is 2.32 bits per heavy atom. The zero-order valence-electron chi connectivity index (χ0n) is 10.5. The first-order valence-corrected chi connectivity index (χ1v) is 5.00. The number of rotatable bonds is 4. The van der Waals surface area contributed by atoms with E-state index in [0.29, 0.717) is 0 Å². The highest BCUT2D eigenvalue weighted by atomic mass is 16.6. The summed E-state index contributed by atoms with van der Waals surface area (Å²) in [6, 6.07) is 2.51. The molecule has 0 unspecified atom stereocenters. The number of aliphatic imine (C=N–C) groups is 1. The molecule has 0 bridgehead atoms. The molecule has 100 valence electrons. The topological polar surface area (TPSA) is 107 Å². The van der Waals surface area contributed by atoms with Crippen molar-refractivity contribution in [2.24, 2.45) is 4.99 Å². The summed E-state index contributed by atoms with van der Waals surface area (Å²) < 4.78 is 14.9. The van der Waals surface area contributed by atoms with E-state index in [1.807, 2.05) is 0 Å². The van der Waals surface area contributed by atoms with Gasteiger partial charge in [0.05, 0.1) is 32.3 Å². The monoisotopic (exact) mass is 265 g/mol. The number of benzene rings is 1. The van der Waals surface area contributed by atoms with Gasteiger partial charge in [-0.2, -0.15) is 5.26 Å². The molecule has 0 amide bonds. The van der Waals surface area contributed by atoms with E-state index in [0.717, 1.165) is 0 Å². The fraction of sp³-hybridized carbons (Fsp3) is 0.273. The van der Waals surface area contributed by atoms with Crippen molar-refractivity contribution in [3.63, 3.8) is 0 Å². The van der Waals surface area contributed by atoms with Gasteiger partial charge in [-0.1, -0.05) is 0 Å². The van der Waals surface area contributed by atoms with E-state index in [9.17, 15) is 10.1 Å². The van der Waals surface area contributed by atoms with Crippen molar-refractivity contribution in [3.05, 3.63) is 27.8 Å². The Morgan fingerprint density at radius 2 is 1.89 bits per heavy atom. The number of nitro benzene ring substituents is 1. The van der Waals surface area contributed by atoms with E-state index in [1.165, 1.54) is 39.7 Å². The van der Waals surface area contributed by atoms with Gasteiger partial charge in [0.2, 0.25) is 12.1 Å². The molecule has 0 aliphatic heterocycles. The Balaban J connectivity index is 3.57. The van der Waals surface area contributed by atoms with E-state index in [4.69, 9.17) is 19.5 Å². The standard InChI is InChI=1S/C11H11N3O5/c1-17-9-4-7(11(19-3)13-6-12)8(14(15)16)5-10(9)18-2/h4-5H,1-3H3. The summed E-state index contributed by atoms with van der Waals surface area (Å²) in [5.74, 6) is 0.298. The molecular weight excluding hydrogens is 254 g/mol. The Hall–Kier alpha value is -2.82. The molecule has 0 saturated heterocycles. The molecule has 0 spiro atoms. The molecule has 0 atom stereocenters. The minimum absolute atomic E-state index is 0.0340. The Kier molecular flexibility index (Phi) is 4.65. The SMILES string of the molecule is COC(=NC#N)c1cc(OC)c(OC)cc1[N+](=O)[O-]. The fourth-order valence-electron chi connectivity index (χ4n) is 1.45. The Bertz CT molecular complexity index is 562. The molecule has 0 fully saturated rings. The summed E-state index contributed by atoms with van der Waals surface area (Å²) >= 11 is 0. The zero-order valence-corrected chi connectivity index (χ0v) is 10.5. The number of nitriles is 1. The smallest absolute Gasteiger partial charge is 0.286 e. The van der Waals surface area contributed by atoms with Gasteiger partial charge in [0.15, 0.2) is 11.5 Å². The molecule has 8 heteroatoms. The predicted octanol–water partition coefficient (Wildman–Crippen LogP) is 1.49. The van der Waals surface area contributed by atoms with Crippen LogP contribution in [0.2, 0.25) is 0 Å². The van der Waals surface area contributed by atoms with Crippen molar-refractivity contribution in [2.75, 3.05) is 21.3 Å². The van der Waals surface area contributed by atoms with Crippen LogP contribution in [-0.2, 0) is 4.74 Å². The second-order valence-corrected chi connectivity index (χ2v) is 3.20. The number of methoxy groups -OCH3 is 3. The maximum Gasteiger partial charge on any atom is 0.286 e. The maximum atomic E-state index is 11.0. The molecule has 8 nitrogen and oxygen atoms in total. The first-order chi connectivity index (χ1) is 9.08. The van der Waals surface area contributed by atoms with Gasteiger partial charge in [0, 0.05) is 6.07 Å². The van der Waals surface area contributed by atoms with Crippen molar-refractivity contribution >= 4 is 11.6 Å². The number of hydrogen-bond acceptors (Lipinski definition) is 7. The second kappa shape index (κ2) is 6.20. The van der Waals surface area contributed by atoms with Crippen molar-refractivity contribution in [1.29, 1.82) is 5.26 Å². The minimum Gasteiger partial charge on any atom is -0.493 e. The summed E-state index contributed by atoms with van der Waals surface area (Å²) in [5.41, 5.74) is -0.264. The van der Waals surface area contributed by atoms with Gasteiger partial charge >= 0.3 is 0 Å². The molecule has 0 aromatic heterocycles. The van der Waals surface area contributed by atoms with E-state index in [-0.39, 0.29) is 28.6 Å².